The van der Waals surface area contributed by atoms with E-state index in [1.54, 1.807) is 11.8 Å². The van der Waals surface area contributed by atoms with Gasteiger partial charge in [0.25, 0.3) is 0 Å². The molecule has 1 atom stereocenters. The number of hydrogen-bond acceptors (Lipinski definition) is 2. The summed E-state index contributed by atoms with van der Waals surface area (Å²) in [6.45, 7) is 5.03. The lowest BCUT2D eigenvalue weighted by molar-refractivity contribution is -0.136. The average molecular weight is 185 g/mol. The van der Waals surface area contributed by atoms with Crippen LogP contribution in [0.3, 0.4) is 0 Å². The fourth-order valence-electron chi connectivity index (χ4n) is 1.55. The Morgan fingerprint density at radius 2 is 2.23 bits per heavy atom. The van der Waals surface area contributed by atoms with Gasteiger partial charge in [0.2, 0.25) is 5.91 Å². The highest BCUT2D eigenvalue weighted by molar-refractivity contribution is 5.76. The number of carbonyl (C=O) groups is 1. The lowest BCUT2D eigenvalue weighted by Crippen LogP contribution is -2.45. The van der Waals surface area contributed by atoms with Gasteiger partial charge in [-0.05, 0) is 26.2 Å². The van der Waals surface area contributed by atoms with Crippen LogP contribution in [-0.4, -0.2) is 34.6 Å². The van der Waals surface area contributed by atoms with Crippen LogP contribution >= 0.6 is 0 Å². The van der Waals surface area contributed by atoms with E-state index in [1.807, 2.05) is 6.92 Å². The van der Waals surface area contributed by atoms with Crippen molar-refractivity contribution in [1.82, 2.24) is 4.90 Å². The van der Waals surface area contributed by atoms with E-state index < -0.39 is 5.60 Å². The first-order valence-corrected chi connectivity index (χ1v) is 5.05. The molecule has 3 nitrogen and oxygen atoms in total. The molecule has 1 aliphatic rings. The standard InChI is InChI=1S/C10H19NO2/c1-3-10(2,13)8-11-7-5-4-6-9(11)12/h13H,3-8H2,1-2H3. The number of nitrogens with zero attached hydrogens (tertiary/aromatic N) is 1. The van der Waals surface area contributed by atoms with Crippen molar-refractivity contribution in [2.24, 2.45) is 0 Å². The SMILES string of the molecule is CCC(C)(O)CN1CCCCC1=O. The molecule has 0 aromatic rings. The third kappa shape index (κ3) is 2.99. The van der Waals surface area contributed by atoms with Gasteiger partial charge in [-0.2, -0.15) is 0 Å². The summed E-state index contributed by atoms with van der Waals surface area (Å²) < 4.78 is 0. The molecule has 3 heteroatoms. The predicted octanol–water partition coefficient (Wildman–Crippen LogP) is 1.16. The molecule has 76 valence electrons. The molecule has 0 aromatic carbocycles. The topological polar surface area (TPSA) is 40.5 Å². The molecule has 1 rings (SSSR count). The van der Waals surface area contributed by atoms with Gasteiger partial charge in [-0.25, -0.2) is 0 Å². The van der Waals surface area contributed by atoms with Gasteiger partial charge in [0, 0.05) is 19.5 Å². The third-order valence-electron chi connectivity index (χ3n) is 2.71. The molecule has 13 heavy (non-hydrogen) atoms. The second kappa shape index (κ2) is 4.09. The smallest absolute Gasteiger partial charge is 0.222 e. The Morgan fingerprint density at radius 3 is 2.77 bits per heavy atom. The molecule has 1 fully saturated rings. The van der Waals surface area contributed by atoms with Gasteiger partial charge in [-0.15, -0.1) is 0 Å². The number of aliphatic hydroxyl groups is 1. The molecule has 1 unspecified atom stereocenters. The summed E-state index contributed by atoms with van der Waals surface area (Å²) in [7, 11) is 0. The average Bonchev–Trinajstić information content (AvgIpc) is 2.09. The highest BCUT2D eigenvalue weighted by Gasteiger charge is 2.26. The van der Waals surface area contributed by atoms with Crippen LogP contribution in [0.5, 0.6) is 0 Å². The van der Waals surface area contributed by atoms with Crippen LogP contribution in [0.4, 0.5) is 0 Å². The monoisotopic (exact) mass is 185 g/mol. The van der Waals surface area contributed by atoms with Crippen LogP contribution < -0.4 is 0 Å². The van der Waals surface area contributed by atoms with Gasteiger partial charge in [0.05, 0.1) is 5.60 Å². The van der Waals surface area contributed by atoms with Crippen molar-refractivity contribution in [1.29, 1.82) is 0 Å². The van der Waals surface area contributed by atoms with Gasteiger partial charge >= 0.3 is 0 Å². The van der Waals surface area contributed by atoms with Gasteiger partial charge in [-0.3, -0.25) is 4.79 Å². The van der Waals surface area contributed by atoms with Crippen LogP contribution in [0.25, 0.3) is 0 Å². The van der Waals surface area contributed by atoms with Crippen LogP contribution in [-0.2, 0) is 4.79 Å². The second-order valence-corrected chi connectivity index (χ2v) is 4.12. The minimum Gasteiger partial charge on any atom is -0.388 e. The largest absolute Gasteiger partial charge is 0.388 e. The number of rotatable bonds is 3. The minimum atomic E-state index is -0.715. The van der Waals surface area contributed by atoms with E-state index in [1.165, 1.54) is 0 Å². The summed E-state index contributed by atoms with van der Waals surface area (Å²) in [4.78, 5) is 13.2. The Bertz CT molecular complexity index is 189. The first-order valence-electron chi connectivity index (χ1n) is 5.05. The van der Waals surface area contributed by atoms with Crippen molar-refractivity contribution in [3.8, 4) is 0 Å². The van der Waals surface area contributed by atoms with Crippen molar-refractivity contribution in [3.63, 3.8) is 0 Å². The quantitative estimate of drug-likeness (QED) is 0.716. The molecule has 1 N–H and O–H groups in total. The first kappa shape index (κ1) is 10.5. The van der Waals surface area contributed by atoms with Crippen LogP contribution in [0.2, 0.25) is 0 Å². The van der Waals surface area contributed by atoms with E-state index >= 15 is 0 Å². The van der Waals surface area contributed by atoms with Gasteiger partial charge in [-0.1, -0.05) is 6.92 Å². The summed E-state index contributed by atoms with van der Waals surface area (Å²) in [6.07, 6.45) is 3.42. The molecule has 0 spiro atoms. The summed E-state index contributed by atoms with van der Waals surface area (Å²) in [5.74, 6) is 0.194. The summed E-state index contributed by atoms with van der Waals surface area (Å²) in [6, 6.07) is 0. The maximum atomic E-state index is 11.4. The molecular formula is C10H19NO2. The van der Waals surface area contributed by atoms with Gasteiger partial charge in [0.15, 0.2) is 0 Å². The molecule has 1 saturated heterocycles. The van der Waals surface area contributed by atoms with Crippen molar-refractivity contribution in [2.75, 3.05) is 13.1 Å². The lowest BCUT2D eigenvalue weighted by Gasteiger charge is -2.33. The maximum Gasteiger partial charge on any atom is 0.222 e. The van der Waals surface area contributed by atoms with Crippen molar-refractivity contribution in [3.05, 3.63) is 0 Å². The Balaban J connectivity index is 2.47. The van der Waals surface area contributed by atoms with E-state index in [4.69, 9.17) is 0 Å². The highest BCUT2D eigenvalue weighted by Crippen LogP contribution is 2.16. The predicted molar refractivity (Wildman–Crippen MR) is 51.3 cm³/mol. The fourth-order valence-corrected chi connectivity index (χ4v) is 1.55. The van der Waals surface area contributed by atoms with Crippen molar-refractivity contribution < 1.29 is 9.90 Å². The molecule has 1 amide bonds. The lowest BCUT2D eigenvalue weighted by atomic mass is 10.0. The van der Waals surface area contributed by atoms with Crippen molar-refractivity contribution >= 4 is 5.91 Å². The van der Waals surface area contributed by atoms with E-state index in [0.717, 1.165) is 19.4 Å². The summed E-state index contributed by atoms with van der Waals surface area (Å²) in [5.41, 5.74) is -0.715. The molecule has 1 aliphatic heterocycles. The zero-order valence-corrected chi connectivity index (χ0v) is 8.55. The third-order valence-corrected chi connectivity index (χ3v) is 2.71. The summed E-state index contributed by atoms with van der Waals surface area (Å²) in [5, 5.41) is 9.80. The molecule has 1 heterocycles. The number of likely N-dealkylation sites (tertiary alicyclic amines) is 1. The van der Waals surface area contributed by atoms with E-state index in [0.29, 0.717) is 19.4 Å². The first-order chi connectivity index (χ1) is 6.05. The van der Waals surface area contributed by atoms with E-state index in [-0.39, 0.29) is 5.91 Å². The van der Waals surface area contributed by atoms with E-state index in [2.05, 4.69) is 0 Å². The molecular weight excluding hydrogens is 166 g/mol. The van der Waals surface area contributed by atoms with E-state index in [9.17, 15) is 9.90 Å². The Labute approximate surface area is 79.7 Å². The van der Waals surface area contributed by atoms with Crippen molar-refractivity contribution in [2.45, 2.75) is 45.1 Å². The minimum absolute atomic E-state index is 0.194. The van der Waals surface area contributed by atoms with Crippen LogP contribution in [0.15, 0.2) is 0 Å². The maximum absolute atomic E-state index is 11.4. The molecule has 0 aromatic heterocycles. The van der Waals surface area contributed by atoms with Crippen LogP contribution in [0, 0.1) is 0 Å². The Hall–Kier alpha value is -0.570. The number of β-amino-alcohol motifs (C(OH)–C–C–N with tert-alkyl or cyclic N) is 1. The number of piperidine rings is 1. The number of hydrogen-bond donors (Lipinski definition) is 1. The highest BCUT2D eigenvalue weighted by atomic mass is 16.3. The zero-order chi connectivity index (χ0) is 9.90. The van der Waals surface area contributed by atoms with Gasteiger partial charge in [0.1, 0.15) is 0 Å². The summed E-state index contributed by atoms with van der Waals surface area (Å²) >= 11 is 0. The second-order valence-electron chi connectivity index (χ2n) is 4.12. The molecule has 0 aliphatic carbocycles. The number of amides is 1. The Morgan fingerprint density at radius 1 is 1.54 bits per heavy atom. The van der Waals surface area contributed by atoms with Gasteiger partial charge < -0.3 is 10.0 Å². The zero-order valence-electron chi connectivity index (χ0n) is 8.55. The molecule has 0 radical (unpaired) electrons. The molecule has 0 bridgehead atoms. The Kier molecular flexibility index (Phi) is 3.31. The normalized spacial score (nSPS) is 23.0. The fraction of sp³-hybridized carbons (Fsp3) is 0.900. The number of carbonyl (C=O) groups excluding carboxylic acids is 1. The molecule has 0 saturated carbocycles. The van der Waals surface area contributed by atoms with Crippen LogP contribution in [0.1, 0.15) is 39.5 Å².